The fourth-order valence-corrected chi connectivity index (χ4v) is 4.11. The van der Waals surface area contributed by atoms with E-state index in [1.54, 1.807) is 6.92 Å². The number of unbranched alkanes of at least 4 members (excludes halogenated alkanes) is 2. The van der Waals surface area contributed by atoms with Crippen molar-refractivity contribution >= 4 is 18.1 Å². The van der Waals surface area contributed by atoms with Gasteiger partial charge in [0.15, 0.2) is 0 Å². The standard InChI is InChI=1S/C23H33N3O5/c1-2-30-21(27)11-7-4-8-14-24-22(28)25-15-12-19(13-16-25)26-17-20(31-23(26)29)18-9-5-3-6-10-18/h3,5-6,9-10,19-20H,2,4,7-8,11-17H2,1H3,(H,24,28). The average molecular weight is 432 g/mol. The van der Waals surface area contributed by atoms with E-state index in [0.29, 0.717) is 39.2 Å². The molecule has 2 aliphatic rings. The van der Waals surface area contributed by atoms with Gasteiger partial charge in [0.1, 0.15) is 6.10 Å². The van der Waals surface area contributed by atoms with Crippen LogP contribution in [-0.2, 0) is 14.3 Å². The van der Waals surface area contributed by atoms with Gasteiger partial charge < -0.3 is 24.6 Å². The lowest BCUT2D eigenvalue weighted by Crippen LogP contribution is -2.49. The third-order valence-corrected chi connectivity index (χ3v) is 5.84. The first kappa shape index (κ1) is 22.9. The minimum absolute atomic E-state index is 0.0602. The summed E-state index contributed by atoms with van der Waals surface area (Å²) in [6.45, 7) is 4.62. The van der Waals surface area contributed by atoms with Crippen LogP contribution in [0.4, 0.5) is 9.59 Å². The Morgan fingerprint density at radius 3 is 2.58 bits per heavy atom. The lowest BCUT2D eigenvalue weighted by Gasteiger charge is -2.35. The summed E-state index contributed by atoms with van der Waals surface area (Å²) in [6.07, 6.45) is 3.93. The quantitative estimate of drug-likeness (QED) is 0.478. The van der Waals surface area contributed by atoms with Gasteiger partial charge in [-0.05, 0) is 38.2 Å². The molecule has 0 radical (unpaired) electrons. The second kappa shape index (κ2) is 11.6. The SMILES string of the molecule is CCOC(=O)CCCCCNC(=O)N1CCC(N2CC(c3ccccc3)OC2=O)CC1. The molecule has 1 atom stereocenters. The number of hydrogen-bond acceptors (Lipinski definition) is 5. The molecule has 1 N–H and O–H groups in total. The van der Waals surface area contributed by atoms with Crippen LogP contribution in [0.3, 0.4) is 0 Å². The number of likely N-dealkylation sites (tertiary alicyclic amines) is 1. The number of carbonyl (C=O) groups is 3. The first-order chi connectivity index (χ1) is 15.1. The van der Waals surface area contributed by atoms with E-state index in [0.717, 1.165) is 37.7 Å². The molecule has 3 amide bonds. The monoisotopic (exact) mass is 431 g/mol. The van der Waals surface area contributed by atoms with Gasteiger partial charge in [-0.3, -0.25) is 4.79 Å². The first-order valence-electron chi connectivity index (χ1n) is 11.3. The topological polar surface area (TPSA) is 88.2 Å². The van der Waals surface area contributed by atoms with Crippen molar-refractivity contribution in [3.63, 3.8) is 0 Å². The Bertz CT molecular complexity index is 734. The van der Waals surface area contributed by atoms with Crippen LogP contribution in [0.25, 0.3) is 0 Å². The second-order valence-electron chi connectivity index (χ2n) is 8.00. The zero-order valence-corrected chi connectivity index (χ0v) is 18.3. The van der Waals surface area contributed by atoms with Crippen LogP contribution < -0.4 is 5.32 Å². The number of nitrogens with one attached hydrogen (secondary N) is 1. The Kier molecular flexibility index (Phi) is 8.55. The van der Waals surface area contributed by atoms with Gasteiger partial charge in [-0.1, -0.05) is 36.8 Å². The molecular formula is C23H33N3O5. The molecule has 170 valence electrons. The van der Waals surface area contributed by atoms with Crippen LogP contribution in [0.1, 0.15) is 57.1 Å². The summed E-state index contributed by atoms with van der Waals surface area (Å²) in [5.74, 6) is -0.161. The van der Waals surface area contributed by atoms with E-state index < -0.39 is 0 Å². The number of esters is 1. The van der Waals surface area contributed by atoms with E-state index in [1.165, 1.54) is 0 Å². The van der Waals surface area contributed by atoms with Crippen LogP contribution in [0.5, 0.6) is 0 Å². The maximum Gasteiger partial charge on any atom is 0.410 e. The van der Waals surface area contributed by atoms with Crippen molar-refractivity contribution in [3.05, 3.63) is 35.9 Å². The lowest BCUT2D eigenvalue weighted by atomic mass is 10.0. The number of amides is 3. The van der Waals surface area contributed by atoms with Crippen LogP contribution in [-0.4, -0.2) is 66.7 Å². The van der Waals surface area contributed by atoms with Crippen molar-refractivity contribution < 1.29 is 23.9 Å². The molecular weight excluding hydrogens is 398 g/mol. The number of ether oxygens (including phenoxy) is 2. The number of carbonyl (C=O) groups excluding carboxylic acids is 3. The summed E-state index contributed by atoms with van der Waals surface area (Å²) < 4.78 is 10.5. The molecule has 31 heavy (non-hydrogen) atoms. The van der Waals surface area contributed by atoms with E-state index in [2.05, 4.69) is 5.32 Å². The number of nitrogens with zero attached hydrogens (tertiary/aromatic N) is 2. The molecule has 0 aliphatic carbocycles. The van der Waals surface area contributed by atoms with Crippen LogP contribution in [0.2, 0.25) is 0 Å². The van der Waals surface area contributed by atoms with Gasteiger partial charge in [-0.15, -0.1) is 0 Å². The third-order valence-electron chi connectivity index (χ3n) is 5.84. The molecule has 8 nitrogen and oxygen atoms in total. The van der Waals surface area contributed by atoms with E-state index >= 15 is 0 Å². The van der Waals surface area contributed by atoms with Gasteiger partial charge in [0.05, 0.1) is 13.2 Å². The van der Waals surface area contributed by atoms with E-state index in [1.807, 2.05) is 40.1 Å². The van der Waals surface area contributed by atoms with Gasteiger partial charge in [0.25, 0.3) is 0 Å². The van der Waals surface area contributed by atoms with Crippen molar-refractivity contribution in [1.29, 1.82) is 0 Å². The summed E-state index contributed by atoms with van der Waals surface area (Å²) in [6, 6.07) is 9.84. The van der Waals surface area contributed by atoms with Gasteiger partial charge >= 0.3 is 18.1 Å². The van der Waals surface area contributed by atoms with Crippen molar-refractivity contribution in [2.45, 2.75) is 57.6 Å². The zero-order valence-electron chi connectivity index (χ0n) is 18.3. The molecule has 2 heterocycles. The molecule has 1 aromatic carbocycles. The lowest BCUT2D eigenvalue weighted by molar-refractivity contribution is -0.143. The Morgan fingerprint density at radius 1 is 1.13 bits per heavy atom. The fraction of sp³-hybridized carbons (Fsp3) is 0.609. The smallest absolute Gasteiger partial charge is 0.410 e. The number of hydrogen-bond donors (Lipinski definition) is 1. The molecule has 0 aromatic heterocycles. The van der Waals surface area contributed by atoms with Gasteiger partial charge in [-0.2, -0.15) is 0 Å². The van der Waals surface area contributed by atoms with Crippen molar-refractivity contribution in [2.24, 2.45) is 0 Å². The second-order valence-corrected chi connectivity index (χ2v) is 8.00. The Balaban J connectivity index is 1.32. The highest BCUT2D eigenvalue weighted by molar-refractivity contribution is 5.74. The van der Waals surface area contributed by atoms with Crippen molar-refractivity contribution in [3.8, 4) is 0 Å². The average Bonchev–Trinajstić information content (AvgIpc) is 3.18. The maximum atomic E-state index is 12.4. The number of cyclic esters (lactones) is 1. The summed E-state index contributed by atoms with van der Waals surface area (Å²) in [7, 11) is 0. The third kappa shape index (κ3) is 6.60. The first-order valence-corrected chi connectivity index (χ1v) is 11.3. The minimum atomic E-state index is -0.264. The Hall–Kier alpha value is -2.77. The predicted molar refractivity (Wildman–Crippen MR) is 115 cm³/mol. The van der Waals surface area contributed by atoms with E-state index in [4.69, 9.17) is 9.47 Å². The number of urea groups is 1. The number of benzene rings is 1. The summed E-state index contributed by atoms with van der Waals surface area (Å²) >= 11 is 0. The van der Waals surface area contributed by atoms with Gasteiger partial charge in [0.2, 0.25) is 0 Å². The van der Waals surface area contributed by atoms with Gasteiger partial charge in [-0.25, -0.2) is 9.59 Å². The molecule has 2 saturated heterocycles. The molecule has 0 saturated carbocycles. The molecule has 1 aromatic rings. The molecule has 0 spiro atoms. The highest BCUT2D eigenvalue weighted by atomic mass is 16.6. The highest BCUT2D eigenvalue weighted by Crippen LogP contribution is 2.30. The van der Waals surface area contributed by atoms with Crippen LogP contribution >= 0.6 is 0 Å². The molecule has 8 heteroatoms. The Labute approximate surface area is 183 Å². The summed E-state index contributed by atoms with van der Waals surface area (Å²) in [5.41, 5.74) is 1.01. The summed E-state index contributed by atoms with van der Waals surface area (Å²) in [4.78, 5) is 39.7. The van der Waals surface area contributed by atoms with Gasteiger partial charge in [0, 0.05) is 32.1 Å². The highest BCUT2D eigenvalue weighted by Gasteiger charge is 2.38. The normalized spacial score (nSPS) is 19.3. The summed E-state index contributed by atoms with van der Waals surface area (Å²) in [5, 5.41) is 2.95. The molecule has 3 rings (SSSR count). The van der Waals surface area contributed by atoms with Crippen molar-refractivity contribution in [2.75, 3.05) is 32.8 Å². The predicted octanol–water partition coefficient (Wildman–Crippen LogP) is 3.48. The molecule has 2 aliphatic heterocycles. The molecule has 2 fully saturated rings. The molecule has 0 bridgehead atoms. The molecule has 1 unspecified atom stereocenters. The largest absolute Gasteiger partial charge is 0.466 e. The zero-order chi connectivity index (χ0) is 22.1. The van der Waals surface area contributed by atoms with E-state index in [-0.39, 0.29) is 30.2 Å². The van der Waals surface area contributed by atoms with E-state index in [9.17, 15) is 14.4 Å². The Morgan fingerprint density at radius 2 is 1.87 bits per heavy atom. The maximum absolute atomic E-state index is 12.4. The fourth-order valence-electron chi connectivity index (χ4n) is 4.11. The number of rotatable bonds is 9. The minimum Gasteiger partial charge on any atom is -0.466 e. The van der Waals surface area contributed by atoms with Crippen LogP contribution in [0.15, 0.2) is 30.3 Å². The number of piperidine rings is 1. The van der Waals surface area contributed by atoms with Crippen LogP contribution in [0, 0.1) is 0 Å². The van der Waals surface area contributed by atoms with Crippen molar-refractivity contribution in [1.82, 2.24) is 15.1 Å².